The normalized spacial score (nSPS) is 10.5. The average Bonchev–Trinajstić information content (AvgIpc) is 2.81. The Kier molecular flexibility index (Phi) is 5.16. The zero-order valence-electron chi connectivity index (χ0n) is 13.2. The molecule has 0 spiro atoms. The van der Waals surface area contributed by atoms with E-state index in [0.29, 0.717) is 12.1 Å². The van der Waals surface area contributed by atoms with E-state index in [2.05, 4.69) is 15.7 Å². The predicted molar refractivity (Wildman–Crippen MR) is 85.9 cm³/mol. The summed E-state index contributed by atoms with van der Waals surface area (Å²) in [6.45, 7) is 4.73. The van der Waals surface area contributed by atoms with Crippen LogP contribution in [0.15, 0.2) is 24.4 Å². The molecule has 1 aromatic heterocycles. The molecule has 0 aliphatic carbocycles. The Hall–Kier alpha value is -2.34. The lowest BCUT2D eigenvalue weighted by molar-refractivity contribution is 0.0944. The fraction of sp³-hybridized carbons (Fsp3) is 0.375. The second-order valence-corrected chi connectivity index (χ2v) is 5.22. The minimum absolute atomic E-state index is 0.0665. The van der Waals surface area contributed by atoms with Gasteiger partial charge in [-0.25, -0.2) is 0 Å². The zero-order chi connectivity index (χ0) is 16.1. The average molecular weight is 302 g/mol. The third kappa shape index (κ3) is 3.65. The molecule has 1 aromatic carbocycles. The highest BCUT2D eigenvalue weighted by Gasteiger charge is 2.11. The number of amides is 1. The fourth-order valence-electron chi connectivity index (χ4n) is 2.35. The van der Waals surface area contributed by atoms with Crippen LogP contribution >= 0.6 is 0 Å². The molecule has 0 saturated heterocycles. The number of nitrogens with zero attached hydrogens (tertiary/aromatic N) is 2. The van der Waals surface area contributed by atoms with Gasteiger partial charge in [-0.3, -0.25) is 9.48 Å². The lowest BCUT2D eigenvalue weighted by Gasteiger charge is -2.13. The molecule has 0 atom stereocenters. The van der Waals surface area contributed by atoms with Crippen molar-refractivity contribution in [2.45, 2.75) is 20.4 Å². The molecular formula is C16H22N4O2. The molecule has 3 N–H and O–H groups in total. The molecule has 0 unspecified atom stereocenters. The van der Waals surface area contributed by atoms with Crippen molar-refractivity contribution in [3.05, 3.63) is 46.8 Å². The van der Waals surface area contributed by atoms with Gasteiger partial charge in [0.25, 0.3) is 5.91 Å². The largest absolute Gasteiger partial charge is 0.395 e. The van der Waals surface area contributed by atoms with Gasteiger partial charge in [-0.1, -0.05) is 6.07 Å². The Morgan fingerprint density at radius 3 is 2.77 bits per heavy atom. The van der Waals surface area contributed by atoms with E-state index in [0.717, 1.165) is 22.5 Å². The Bertz CT molecular complexity index is 664. The Morgan fingerprint density at radius 2 is 2.14 bits per heavy atom. The molecule has 0 aliphatic heterocycles. The number of aliphatic hydroxyl groups excluding tert-OH is 1. The minimum atomic E-state index is -0.173. The van der Waals surface area contributed by atoms with Crippen molar-refractivity contribution in [2.24, 2.45) is 7.05 Å². The van der Waals surface area contributed by atoms with Crippen molar-refractivity contribution in [1.29, 1.82) is 0 Å². The van der Waals surface area contributed by atoms with Gasteiger partial charge >= 0.3 is 0 Å². The first kappa shape index (κ1) is 16.0. The molecule has 0 fully saturated rings. The molecule has 1 heterocycles. The van der Waals surface area contributed by atoms with Gasteiger partial charge in [-0.2, -0.15) is 5.10 Å². The van der Waals surface area contributed by atoms with Crippen molar-refractivity contribution >= 4 is 11.6 Å². The molecule has 118 valence electrons. The zero-order valence-corrected chi connectivity index (χ0v) is 13.2. The third-order valence-corrected chi connectivity index (χ3v) is 3.56. The number of aliphatic hydroxyl groups is 1. The van der Waals surface area contributed by atoms with Crippen LogP contribution in [0.4, 0.5) is 5.69 Å². The van der Waals surface area contributed by atoms with Crippen molar-refractivity contribution in [2.75, 3.05) is 18.5 Å². The van der Waals surface area contributed by atoms with Crippen LogP contribution in [-0.4, -0.2) is 33.9 Å². The molecule has 0 bridgehead atoms. The maximum Gasteiger partial charge on any atom is 0.251 e. The molecule has 6 nitrogen and oxygen atoms in total. The van der Waals surface area contributed by atoms with Crippen LogP contribution in [0, 0.1) is 13.8 Å². The number of anilines is 1. The molecule has 0 radical (unpaired) electrons. The number of hydrogen-bond donors (Lipinski definition) is 3. The van der Waals surface area contributed by atoms with Crippen LogP contribution in [0.1, 0.15) is 27.2 Å². The first-order chi connectivity index (χ1) is 10.5. The van der Waals surface area contributed by atoms with Crippen molar-refractivity contribution in [3.8, 4) is 0 Å². The number of carbonyl (C=O) groups is 1. The highest BCUT2D eigenvalue weighted by Crippen LogP contribution is 2.20. The third-order valence-electron chi connectivity index (χ3n) is 3.56. The SMILES string of the molecule is Cc1nn(C)cc1CNc1cccc(C(=O)NCCO)c1C. The molecule has 0 saturated carbocycles. The summed E-state index contributed by atoms with van der Waals surface area (Å²) in [6, 6.07) is 5.58. The quantitative estimate of drug-likeness (QED) is 0.753. The van der Waals surface area contributed by atoms with E-state index in [1.54, 1.807) is 10.7 Å². The molecule has 2 rings (SSSR count). The summed E-state index contributed by atoms with van der Waals surface area (Å²) in [5.74, 6) is -0.173. The van der Waals surface area contributed by atoms with E-state index in [1.807, 2.05) is 39.2 Å². The molecule has 0 aliphatic rings. The number of hydrogen-bond acceptors (Lipinski definition) is 4. The van der Waals surface area contributed by atoms with Crippen LogP contribution in [0.3, 0.4) is 0 Å². The Labute approximate surface area is 130 Å². The molecule has 6 heteroatoms. The van der Waals surface area contributed by atoms with Gasteiger partial charge in [0.15, 0.2) is 0 Å². The second kappa shape index (κ2) is 7.09. The number of benzene rings is 1. The van der Waals surface area contributed by atoms with Crippen LogP contribution in [-0.2, 0) is 13.6 Å². The van der Waals surface area contributed by atoms with Crippen molar-refractivity contribution in [1.82, 2.24) is 15.1 Å². The maximum atomic E-state index is 12.0. The standard InChI is InChI=1S/C16H22N4O2/c1-11-14(16(22)17-7-8-21)5-4-6-15(11)18-9-13-10-20(3)19-12(13)2/h4-6,10,18,21H,7-9H2,1-3H3,(H,17,22). The van der Waals surface area contributed by atoms with E-state index >= 15 is 0 Å². The lowest BCUT2D eigenvalue weighted by atomic mass is 10.1. The van der Waals surface area contributed by atoms with E-state index in [1.165, 1.54) is 0 Å². The number of aryl methyl sites for hydroxylation is 2. The monoisotopic (exact) mass is 302 g/mol. The molecular weight excluding hydrogens is 280 g/mol. The summed E-state index contributed by atoms with van der Waals surface area (Å²) in [7, 11) is 1.90. The van der Waals surface area contributed by atoms with Gasteiger partial charge in [0, 0.05) is 43.1 Å². The first-order valence-corrected chi connectivity index (χ1v) is 7.24. The topological polar surface area (TPSA) is 79.2 Å². The highest BCUT2D eigenvalue weighted by atomic mass is 16.3. The summed E-state index contributed by atoms with van der Waals surface area (Å²) in [5.41, 5.74) is 4.53. The smallest absolute Gasteiger partial charge is 0.251 e. The van der Waals surface area contributed by atoms with Crippen molar-refractivity contribution in [3.63, 3.8) is 0 Å². The van der Waals surface area contributed by atoms with Gasteiger partial charge in [-0.05, 0) is 31.5 Å². The van der Waals surface area contributed by atoms with E-state index in [4.69, 9.17) is 5.11 Å². The summed E-state index contributed by atoms with van der Waals surface area (Å²) >= 11 is 0. The van der Waals surface area contributed by atoms with E-state index < -0.39 is 0 Å². The van der Waals surface area contributed by atoms with Gasteiger partial charge < -0.3 is 15.7 Å². The fourth-order valence-corrected chi connectivity index (χ4v) is 2.35. The van der Waals surface area contributed by atoms with Crippen molar-refractivity contribution < 1.29 is 9.90 Å². The second-order valence-electron chi connectivity index (χ2n) is 5.22. The Balaban J connectivity index is 2.11. The van der Waals surface area contributed by atoms with Gasteiger partial charge in [-0.15, -0.1) is 0 Å². The van der Waals surface area contributed by atoms with E-state index in [-0.39, 0.29) is 19.1 Å². The maximum absolute atomic E-state index is 12.0. The lowest BCUT2D eigenvalue weighted by Crippen LogP contribution is -2.27. The minimum Gasteiger partial charge on any atom is -0.395 e. The number of nitrogens with one attached hydrogen (secondary N) is 2. The van der Waals surface area contributed by atoms with Crippen LogP contribution in [0.5, 0.6) is 0 Å². The van der Waals surface area contributed by atoms with Gasteiger partial charge in [0.1, 0.15) is 0 Å². The van der Waals surface area contributed by atoms with Crippen LogP contribution in [0.2, 0.25) is 0 Å². The summed E-state index contributed by atoms with van der Waals surface area (Å²) in [6.07, 6.45) is 1.98. The van der Waals surface area contributed by atoms with Crippen LogP contribution < -0.4 is 10.6 Å². The first-order valence-electron chi connectivity index (χ1n) is 7.24. The number of carbonyl (C=O) groups excluding carboxylic acids is 1. The van der Waals surface area contributed by atoms with E-state index in [9.17, 15) is 4.79 Å². The van der Waals surface area contributed by atoms with Gasteiger partial charge in [0.2, 0.25) is 0 Å². The predicted octanol–water partition coefficient (Wildman–Crippen LogP) is 1.37. The number of aromatic nitrogens is 2. The summed E-state index contributed by atoms with van der Waals surface area (Å²) in [5, 5.41) is 19.1. The highest BCUT2D eigenvalue weighted by molar-refractivity contribution is 5.97. The molecule has 2 aromatic rings. The summed E-state index contributed by atoms with van der Waals surface area (Å²) in [4.78, 5) is 12.0. The molecule has 1 amide bonds. The summed E-state index contributed by atoms with van der Waals surface area (Å²) < 4.78 is 1.79. The van der Waals surface area contributed by atoms with Crippen LogP contribution in [0.25, 0.3) is 0 Å². The number of rotatable bonds is 6. The Morgan fingerprint density at radius 1 is 1.36 bits per heavy atom. The van der Waals surface area contributed by atoms with Gasteiger partial charge in [0.05, 0.1) is 12.3 Å². The molecule has 22 heavy (non-hydrogen) atoms.